The van der Waals surface area contributed by atoms with Crippen LogP contribution in [0.3, 0.4) is 0 Å². The van der Waals surface area contributed by atoms with Crippen LogP contribution in [-0.4, -0.2) is 27.4 Å². The standard InChI is InChI=1S/C12H21NO3S2/c1-11(6-10-18(13,14)15)4-7-16-8-5-12-3-2-9-17-12/h2-3,9,11H,4-8,10H2,1H3,(H2,13,14,15). The second-order valence-electron chi connectivity index (χ2n) is 4.49. The molecule has 0 aromatic carbocycles. The number of nitrogens with two attached hydrogens (primary N) is 1. The maximum absolute atomic E-state index is 10.8. The van der Waals surface area contributed by atoms with Crippen LogP contribution in [0.1, 0.15) is 24.6 Å². The lowest BCUT2D eigenvalue weighted by atomic mass is 10.1. The van der Waals surface area contributed by atoms with Gasteiger partial charge in [0.15, 0.2) is 0 Å². The number of primary sulfonamides is 1. The number of thiophene rings is 1. The monoisotopic (exact) mass is 291 g/mol. The molecule has 0 radical (unpaired) electrons. The van der Waals surface area contributed by atoms with Crippen LogP contribution in [0, 0.1) is 5.92 Å². The van der Waals surface area contributed by atoms with Gasteiger partial charge in [-0.2, -0.15) is 0 Å². The third kappa shape index (κ3) is 7.81. The lowest BCUT2D eigenvalue weighted by molar-refractivity contribution is 0.124. The summed E-state index contributed by atoms with van der Waals surface area (Å²) in [5.74, 6) is 0.383. The summed E-state index contributed by atoms with van der Waals surface area (Å²) in [5.41, 5.74) is 0. The van der Waals surface area contributed by atoms with Gasteiger partial charge < -0.3 is 4.74 Å². The molecule has 0 bridgehead atoms. The fourth-order valence-electron chi connectivity index (χ4n) is 1.52. The molecule has 4 nitrogen and oxygen atoms in total. The molecular weight excluding hydrogens is 270 g/mol. The highest BCUT2D eigenvalue weighted by molar-refractivity contribution is 7.89. The minimum atomic E-state index is -3.32. The maximum Gasteiger partial charge on any atom is 0.209 e. The van der Waals surface area contributed by atoms with Crippen LogP contribution in [0.25, 0.3) is 0 Å². The highest BCUT2D eigenvalue weighted by atomic mass is 32.2. The molecule has 6 heteroatoms. The molecule has 0 fully saturated rings. The number of rotatable bonds is 9. The van der Waals surface area contributed by atoms with E-state index < -0.39 is 10.0 Å². The van der Waals surface area contributed by atoms with Gasteiger partial charge in [-0.1, -0.05) is 13.0 Å². The second-order valence-corrected chi connectivity index (χ2v) is 7.26. The Balaban J connectivity index is 2.00. The van der Waals surface area contributed by atoms with Crippen molar-refractivity contribution in [2.75, 3.05) is 19.0 Å². The van der Waals surface area contributed by atoms with Crippen molar-refractivity contribution in [1.29, 1.82) is 0 Å². The smallest absolute Gasteiger partial charge is 0.209 e. The molecule has 1 aromatic rings. The van der Waals surface area contributed by atoms with E-state index in [-0.39, 0.29) is 5.75 Å². The zero-order valence-electron chi connectivity index (χ0n) is 10.7. The third-order valence-corrected chi connectivity index (χ3v) is 4.46. The molecule has 1 atom stereocenters. The first-order valence-electron chi connectivity index (χ1n) is 6.08. The summed E-state index contributed by atoms with van der Waals surface area (Å²) in [7, 11) is -3.32. The van der Waals surface area contributed by atoms with Crippen LogP contribution in [-0.2, 0) is 21.2 Å². The van der Waals surface area contributed by atoms with E-state index in [0.29, 0.717) is 18.9 Å². The summed E-state index contributed by atoms with van der Waals surface area (Å²) in [5, 5.41) is 7.02. The number of ether oxygens (including phenoxy) is 1. The Hall–Kier alpha value is -0.430. The fourth-order valence-corrected chi connectivity index (χ4v) is 2.95. The van der Waals surface area contributed by atoms with Gasteiger partial charge in [0.1, 0.15) is 0 Å². The van der Waals surface area contributed by atoms with Crippen molar-refractivity contribution in [2.24, 2.45) is 11.1 Å². The van der Waals surface area contributed by atoms with E-state index in [9.17, 15) is 8.42 Å². The first kappa shape index (κ1) is 15.6. The lowest BCUT2D eigenvalue weighted by Crippen LogP contribution is -2.18. The molecule has 1 heterocycles. The first-order chi connectivity index (χ1) is 8.47. The van der Waals surface area contributed by atoms with E-state index in [1.54, 1.807) is 11.3 Å². The van der Waals surface area contributed by atoms with Gasteiger partial charge in [-0.3, -0.25) is 0 Å². The Bertz CT molecular complexity index is 415. The predicted octanol–water partition coefficient (Wildman–Crippen LogP) is 2.01. The van der Waals surface area contributed by atoms with E-state index in [0.717, 1.165) is 19.4 Å². The summed E-state index contributed by atoms with van der Waals surface area (Å²) >= 11 is 1.74. The van der Waals surface area contributed by atoms with Gasteiger partial charge in [0.25, 0.3) is 0 Å². The van der Waals surface area contributed by atoms with Crippen molar-refractivity contribution in [3.63, 3.8) is 0 Å². The highest BCUT2D eigenvalue weighted by Gasteiger charge is 2.08. The van der Waals surface area contributed by atoms with Crippen LogP contribution in [0.4, 0.5) is 0 Å². The highest BCUT2D eigenvalue weighted by Crippen LogP contribution is 2.10. The number of sulfonamides is 1. The normalized spacial score (nSPS) is 13.7. The molecule has 1 unspecified atom stereocenters. The Morgan fingerprint density at radius 1 is 1.39 bits per heavy atom. The third-order valence-electron chi connectivity index (χ3n) is 2.72. The molecule has 1 aromatic heterocycles. The van der Waals surface area contributed by atoms with Crippen molar-refractivity contribution in [3.05, 3.63) is 22.4 Å². The minimum Gasteiger partial charge on any atom is -0.381 e. The Labute approximate surface area is 113 Å². The summed E-state index contributed by atoms with van der Waals surface area (Å²) < 4.78 is 27.1. The van der Waals surface area contributed by atoms with E-state index >= 15 is 0 Å². The predicted molar refractivity (Wildman–Crippen MR) is 75.2 cm³/mol. The quantitative estimate of drug-likeness (QED) is 0.708. The van der Waals surface area contributed by atoms with Gasteiger partial charge >= 0.3 is 0 Å². The van der Waals surface area contributed by atoms with Crippen LogP contribution < -0.4 is 5.14 Å². The summed E-state index contributed by atoms with van der Waals surface area (Å²) in [6.45, 7) is 3.42. The molecule has 0 aliphatic heterocycles. The molecule has 0 saturated heterocycles. The molecule has 104 valence electrons. The topological polar surface area (TPSA) is 69.4 Å². The average molecular weight is 291 g/mol. The first-order valence-corrected chi connectivity index (χ1v) is 8.67. The van der Waals surface area contributed by atoms with Crippen molar-refractivity contribution in [2.45, 2.75) is 26.2 Å². The lowest BCUT2D eigenvalue weighted by Gasteiger charge is -2.10. The molecule has 1 rings (SSSR count). The largest absolute Gasteiger partial charge is 0.381 e. The SMILES string of the molecule is CC(CCOCCc1cccs1)CCS(N)(=O)=O. The van der Waals surface area contributed by atoms with Gasteiger partial charge in [-0.05, 0) is 30.2 Å². The van der Waals surface area contributed by atoms with E-state index in [2.05, 4.69) is 11.4 Å². The van der Waals surface area contributed by atoms with Gasteiger partial charge in [0, 0.05) is 17.9 Å². The summed E-state index contributed by atoms with van der Waals surface area (Å²) in [6.07, 6.45) is 2.43. The molecular formula is C12H21NO3S2. The summed E-state index contributed by atoms with van der Waals surface area (Å²) in [4.78, 5) is 1.33. The molecule has 0 saturated carbocycles. The zero-order chi connectivity index (χ0) is 13.4. The van der Waals surface area contributed by atoms with E-state index in [4.69, 9.17) is 9.88 Å². The Kier molecular flexibility index (Phi) is 6.85. The van der Waals surface area contributed by atoms with Crippen LogP contribution in [0.15, 0.2) is 17.5 Å². The Morgan fingerprint density at radius 2 is 2.17 bits per heavy atom. The van der Waals surface area contributed by atoms with Crippen LogP contribution in [0.5, 0.6) is 0 Å². The molecule has 18 heavy (non-hydrogen) atoms. The molecule has 2 N–H and O–H groups in total. The fraction of sp³-hybridized carbons (Fsp3) is 0.667. The van der Waals surface area contributed by atoms with Crippen LogP contribution in [0.2, 0.25) is 0 Å². The summed E-state index contributed by atoms with van der Waals surface area (Å²) in [6, 6.07) is 4.14. The van der Waals surface area contributed by atoms with Crippen molar-refractivity contribution in [1.82, 2.24) is 0 Å². The minimum absolute atomic E-state index is 0.0589. The van der Waals surface area contributed by atoms with Crippen LogP contribution >= 0.6 is 11.3 Å². The number of hydrogen-bond acceptors (Lipinski definition) is 4. The van der Waals surface area contributed by atoms with Gasteiger partial charge in [0.2, 0.25) is 10.0 Å². The van der Waals surface area contributed by atoms with Crippen molar-refractivity contribution < 1.29 is 13.2 Å². The molecule has 0 spiro atoms. The van der Waals surface area contributed by atoms with Gasteiger partial charge in [-0.15, -0.1) is 11.3 Å². The zero-order valence-corrected chi connectivity index (χ0v) is 12.3. The van der Waals surface area contributed by atoms with E-state index in [1.807, 2.05) is 13.0 Å². The maximum atomic E-state index is 10.8. The van der Waals surface area contributed by atoms with Gasteiger partial charge in [-0.25, -0.2) is 13.6 Å². The van der Waals surface area contributed by atoms with E-state index in [1.165, 1.54) is 4.88 Å². The molecule has 0 amide bonds. The van der Waals surface area contributed by atoms with Crippen molar-refractivity contribution >= 4 is 21.4 Å². The Morgan fingerprint density at radius 3 is 2.78 bits per heavy atom. The van der Waals surface area contributed by atoms with Crippen molar-refractivity contribution in [3.8, 4) is 0 Å². The molecule has 0 aliphatic rings. The average Bonchev–Trinajstić information content (AvgIpc) is 2.78. The number of hydrogen-bond donors (Lipinski definition) is 1. The van der Waals surface area contributed by atoms with Gasteiger partial charge in [0.05, 0.1) is 12.4 Å². The molecule has 0 aliphatic carbocycles. The second kappa shape index (κ2) is 7.89.